The predicted molar refractivity (Wildman–Crippen MR) is 67.1 cm³/mol. The Labute approximate surface area is 105 Å². The highest BCUT2D eigenvalue weighted by molar-refractivity contribution is 5.87. The Morgan fingerprint density at radius 1 is 1.50 bits per heavy atom. The largest absolute Gasteiger partial charge is 0.478 e. The normalized spacial score (nSPS) is 11.1. The summed E-state index contributed by atoms with van der Waals surface area (Å²) in [5.74, 6) is 1.37. The third-order valence-electron chi connectivity index (χ3n) is 2.22. The van der Waals surface area contributed by atoms with Crippen molar-refractivity contribution in [3.8, 4) is 12.3 Å². The summed E-state index contributed by atoms with van der Waals surface area (Å²) in [4.78, 5) is 22.1. The molecule has 2 amide bonds. The van der Waals surface area contributed by atoms with Gasteiger partial charge in [0.2, 0.25) is 0 Å². The summed E-state index contributed by atoms with van der Waals surface area (Å²) >= 11 is 0. The molecule has 0 radical (unpaired) electrons. The van der Waals surface area contributed by atoms with Crippen molar-refractivity contribution >= 4 is 12.0 Å². The van der Waals surface area contributed by atoms with Crippen molar-refractivity contribution in [1.82, 2.24) is 10.6 Å². The smallest absolute Gasteiger partial charge is 0.335 e. The third-order valence-corrected chi connectivity index (χ3v) is 2.22. The van der Waals surface area contributed by atoms with Crippen molar-refractivity contribution in [2.24, 2.45) is 0 Å². The van der Waals surface area contributed by atoms with E-state index in [4.69, 9.17) is 11.5 Å². The molecule has 1 unspecified atom stereocenters. The van der Waals surface area contributed by atoms with Crippen LogP contribution in [0.4, 0.5) is 4.79 Å². The summed E-state index contributed by atoms with van der Waals surface area (Å²) in [6.45, 7) is 1.93. The van der Waals surface area contributed by atoms with Gasteiger partial charge in [0, 0.05) is 6.54 Å². The van der Waals surface area contributed by atoms with Crippen LogP contribution in [0.1, 0.15) is 22.8 Å². The lowest BCUT2D eigenvalue weighted by Crippen LogP contribution is -2.39. The molecule has 3 N–H and O–H groups in total. The van der Waals surface area contributed by atoms with Gasteiger partial charge in [-0.05, 0) is 24.6 Å². The molecule has 0 aromatic heterocycles. The Bertz CT molecular complexity index is 491. The van der Waals surface area contributed by atoms with Crippen LogP contribution in [0.2, 0.25) is 0 Å². The van der Waals surface area contributed by atoms with E-state index in [2.05, 4.69) is 16.6 Å². The van der Waals surface area contributed by atoms with Crippen LogP contribution in [0, 0.1) is 12.3 Å². The second kappa shape index (κ2) is 6.30. The van der Waals surface area contributed by atoms with Crippen LogP contribution in [0.5, 0.6) is 0 Å². The molecule has 0 heterocycles. The quantitative estimate of drug-likeness (QED) is 0.699. The van der Waals surface area contributed by atoms with Gasteiger partial charge in [-0.2, -0.15) is 0 Å². The molecule has 0 saturated carbocycles. The lowest BCUT2D eigenvalue weighted by Gasteiger charge is -2.09. The summed E-state index contributed by atoms with van der Waals surface area (Å²) in [5.41, 5.74) is 0.894. The molecule has 0 spiro atoms. The van der Waals surface area contributed by atoms with E-state index in [1.165, 1.54) is 12.1 Å². The summed E-state index contributed by atoms with van der Waals surface area (Å²) in [6.07, 6.45) is 5.12. The first-order valence-electron chi connectivity index (χ1n) is 5.35. The lowest BCUT2D eigenvalue weighted by molar-refractivity contribution is 0.0696. The molecule has 0 fully saturated rings. The van der Waals surface area contributed by atoms with E-state index >= 15 is 0 Å². The van der Waals surface area contributed by atoms with Crippen LogP contribution in [0.3, 0.4) is 0 Å². The molecule has 0 aliphatic heterocycles. The van der Waals surface area contributed by atoms with Gasteiger partial charge in [-0.15, -0.1) is 6.42 Å². The van der Waals surface area contributed by atoms with E-state index < -0.39 is 5.97 Å². The zero-order valence-corrected chi connectivity index (χ0v) is 9.93. The van der Waals surface area contributed by atoms with Gasteiger partial charge in [-0.25, -0.2) is 9.59 Å². The lowest BCUT2D eigenvalue weighted by atomic mass is 10.1. The molecule has 94 valence electrons. The number of urea groups is 1. The third kappa shape index (κ3) is 4.18. The van der Waals surface area contributed by atoms with Gasteiger partial charge in [0.05, 0.1) is 11.6 Å². The van der Waals surface area contributed by atoms with Crippen LogP contribution < -0.4 is 10.6 Å². The SMILES string of the molecule is C#CC(C)NC(=O)NCc1cccc(C(=O)O)c1. The minimum Gasteiger partial charge on any atom is -0.478 e. The minimum absolute atomic E-state index is 0.187. The highest BCUT2D eigenvalue weighted by Crippen LogP contribution is 2.04. The number of hydrogen-bond donors (Lipinski definition) is 3. The van der Waals surface area contributed by atoms with Crippen LogP contribution >= 0.6 is 0 Å². The molecule has 0 aliphatic carbocycles. The summed E-state index contributed by atoms with van der Waals surface area (Å²) < 4.78 is 0. The molecule has 5 heteroatoms. The number of carboxylic acid groups (broad SMARTS) is 1. The summed E-state index contributed by atoms with van der Waals surface area (Å²) in [7, 11) is 0. The van der Waals surface area contributed by atoms with Gasteiger partial charge < -0.3 is 15.7 Å². The summed E-state index contributed by atoms with van der Waals surface area (Å²) in [5, 5.41) is 13.9. The molecule has 1 atom stereocenters. The van der Waals surface area contributed by atoms with E-state index in [1.54, 1.807) is 19.1 Å². The average Bonchev–Trinajstić information content (AvgIpc) is 2.36. The number of terminal acetylenes is 1. The average molecular weight is 246 g/mol. The zero-order chi connectivity index (χ0) is 13.5. The fraction of sp³-hybridized carbons (Fsp3) is 0.231. The van der Waals surface area contributed by atoms with Crippen LogP contribution in [0.15, 0.2) is 24.3 Å². The Morgan fingerprint density at radius 2 is 2.22 bits per heavy atom. The van der Waals surface area contributed by atoms with E-state index in [1.807, 2.05) is 0 Å². The first-order valence-corrected chi connectivity index (χ1v) is 5.35. The number of nitrogens with one attached hydrogen (secondary N) is 2. The standard InChI is InChI=1S/C13H14N2O3/c1-3-9(2)15-13(18)14-8-10-5-4-6-11(7-10)12(16)17/h1,4-7,9H,8H2,2H3,(H,16,17)(H2,14,15,18). The minimum atomic E-state index is -0.998. The molecule has 0 bridgehead atoms. The molecule has 18 heavy (non-hydrogen) atoms. The number of carbonyl (C=O) groups excluding carboxylic acids is 1. The van der Waals surface area contributed by atoms with Gasteiger partial charge >= 0.3 is 12.0 Å². The Kier molecular flexibility index (Phi) is 4.76. The van der Waals surface area contributed by atoms with Gasteiger partial charge in [-0.1, -0.05) is 18.1 Å². The topological polar surface area (TPSA) is 78.4 Å². The van der Waals surface area contributed by atoms with Gasteiger partial charge in [-0.3, -0.25) is 0 Å². The van der Waals surface area contributed by atoms with Crippen molar-refractivity contribution in [2.45, 2.75) is 19.5 Å². The van der Waals surface area contributed by atoms with E-state index in [9.17, 15) is 9.59 Å². The fourth-order valence-corrected chi connectivity index (χ4v) is 1.29. The van der Waals surface area contributed by atoms with Crippen LogP contribution in [0.25, 0.3) is 0 Å². The Hall–Kier alpha value is -2.48. The van der Waals surface area contributed by atoms with Crippen molar-refractivity contribution in [3.05, 3.63) is 35.4 Å². The Morgan fingerprint density at radius 3 is 2.83 bits per heavy atom. The van der Waals surface area contributed by atoms with E-state index in [-0.39, 0.29) is 24.2 Å². The molecule has 0 saturated heterocycles. The van der Waals surface area contributed by atoms with Gasteiger partial charge in [0.1, 0.15) is 0 Å². The van der Waals surface area contributed by atoms with E-state index in [0.717, 1.165) is 0 Å². The molecule has 5 nitrogen and oxygen atoms in total. The maximum absolute atomic E-state index is 11.4. The molecular formula is C13H14N2O3. The molecule has 1 rings (SSSR count). The molecule has 0 aliphatic rings. The second-order valence-corrected chi connectivity index (χ2v) is 3.72. The number of carboxylic acids is 1. The van der Waals surface area contributed by atoms with Crippen LogP contribution in [-0.2, 0) is 6.54 Å². The van der Waals surface area contributed by atoms with Gasteiger partial charge in [0.15, 0.2) is 0 Å². The number of hydrogen-bond acceptors (Lipinski definition) is 2. The maximum atomic E-state index is 11.4. The molecule has 1 aromatic carbocycles. The van der Waals surface area contributed by atoms with Crippen molar-refractivity contribution in [3.63, 3.8) is 0 Å². The van der Waals surface area contributed by atoms with E-state index in [0.29, 0.717) is 5.56 Å². The van der Waals surface area contributed by atoms with Crippen molar-refractivity contribution in [2.75, 3.05) is 0 Å². The first kappa shape index (κ1) is 13.6. The molecular weight excluding hydrogens is 232 g/mol. The number of benzene rings is 1. The summed E-state index contributed by atoms with van der Waals surface area (Å²) in [6, 6.07) is 5.62. The first-order chi connectivity index (χ1) is 8.52. The highest BCUT2D eigenvalue weighted by atomic mass is 16.4. The number of rotatable bonds is 4. The Balaban J connectivity index is 2.54. The number of amides is 2. The predicted octanol–water partition coefficient (Wildman–Crippen LogP) is 1.21. The zero-order valence-electron chi connectivity index (χ0n) is 9.93. The van der Waals surface area contributed by atoms with Crippen LogP contribution in [-0.4, -0.2) is 23.1 Å². The highest BCUT2D eigenvalue weighted by Gasteiger charge is 2.06. The van der Waals surface area contributed by atoms with Gasteiger partial charge in [0.25, 0.3) is 0 Å². The molecule has 1 aromatic rings. The fourth-order valence-electron chi connectivity index (χ4n) is 1.29. The number of aromatic carboxylic acids is 1. The monoisotopic (exact) mass is 246 g/mol. The van der Waals surface area contributed by atoms with Crippen molar-refractivity contribution in [1.29, 1.82) is 0 Å². The van der Waals surface area contributed by atoms with Crippen molar-refractivity contribution < 1.29 is 14.7 Å². The maximum Gasteiger partial charge on any atom is 0.335 e. The number of carbonyl (C=O) groups is 2. The second-order valence-electron chi connectivity index (χ2n) is 3.72.